The van der Waals surface area contributed by atoms with E-state index < -0.39 is 18.1 Å². The Labute approximate surface area is 117 Å². The maximum atomic E-state index is 12.4. The Kier molecular flexibility index (Phi) is 4.05. The number of ether oxygens (including phenoxy) is 1. The van der Waals surface area contributed by atoms with Crippen molar-refractivity contribution in [2.45, 2.75) is 18.6 Å². The van der Waals surface area contributed by atoms with Gasteiger partial charge in [-0.25, -0.2) is 0 Å². The van der Waals surface area contributed by atoms with Gasteiger partial charge >= 0.3 is 0 Å². The zero-order valence-electron chi connectivity index (χ0n) is 11.0. The molecule has 20 heavy (non-hydrogen) atoms. The number of anilines is 1. The molecule has 6 nitrogen and oxygen atoms in total. The molecule has 106 valence electrons. The SMILES string of the molecule is C=CCC(N)C(=O)N1CC(C(N)=O)Oc2ccccc21. The number of nitrogens with two attached hydrogens (primary N) is 2. The van der Waals surface area contributed by atoms with Crippen LogP contribution in [0, 0.1) is 0 Å². The van der Waals surface area contributed by atoms with Gasteiger partial charge in [-0.1, -0.05) is 18.2 Å². The van der Waals surface area contributed by atoms with Crippen molar-refractivity contribution >= 4 is 17.5 Å². The van der Waals surface area contributed by atoms with E-state index in [1.54, 1.807) is 30.3 Å². The van der Waals surface area contributed by atoms with Crippen molar-refractivity contribution in [3.63, 3.8) is 0 Å². The van der Waals surface area contributed by atoms with E-state index >= 15 is 0 Å². The first-order valence-electron chi connectivity index (χ1n) is 6.27. The molecule has 1 aromatic carbocycles. The normalized spacial score (nSPS) is 18.6. The highest BCUT2D eigenvalue weighted by Crippen LogP contribution is 2.33. The number of hydrogen-bond acceptors (Lipinski definition) is 4. The first kappa shape index (κ1) is 14.1. The molecule has 0 saturated heterocycles. The third kappa shape index (κ3) is 2.65. The summed E-state index contributed by atoms with van der Waals surface area (Å²) in [6.45, 7) is 3.63. The predicted octanol–water partition coefficient (Wildman–Crippen LogP) is 0.169. The number of hydrogen-bond donors (Lipinski definition) is 2. The molecule has 1 aliphatic rings. The number of amides is 2. The van der Waals surface area contributed by atoms with Crippen molar-refractivity contribution in [1.29, 1.82) is 0 Å². The molecule has 0 fully saturated rings. The van der Waals surface area contributed by atoms with Crippen LogP contribution in [0.4, 0.5) is 5.69 Å². The van der Waals surface area contributed by atoms with E-state index in [4.69, 9.17) is 16.2 Å². The van der Waals surface area contributed by atoms with Crippen molar-refractivity contribution in [3.8, 4) is 5.75 Å². The van der Waals surface area contributed by atoms with E-state index in [-0.39, 0.29) is 12.5 Å². The number of rotatable bonds is 4. The molecule has 2 unspecified atom stereocenters. The van der Waals surface area contributed by atoms with E-state index in [0.29, 0.717) is 17.9 Å². The lowest BCUT2D eigenvalue weighted by atomic mass is 10.1. The highest BCUT2D eigenvalue weighted by molar-refractivity contribution is 6.00. The number of carbonyl (C=O) groups is 2. The number of nitrogens with zero attached hydrogens (tertiary/aromatic N) is 1. The van der Waals surface area contributed by atoms with Gasteiger partial charge in [-0.3, -0.25) is 9.59 Å². The smallest absolute Gasteiger partial charge is 0.260 e. The Morgan fingerprint density at radius 2 is 2.20 bits per heavy atom. The summed E-state index contributed by atoms with van der Waals surface area (Å²) in [6.07, 6.45) is 1.07. The highest BCUT2D eigenvalue weighted by atomic mass is 16.5. The summed E-state index contributed by atoms with van der Waals surface area (Å²) < 4.78 is 5.48. The van der Waals surface area contributed by atoms with Crippen LogP contribution in [0.2, 0.25) is 0 Å². The Balaban J connectivity index is 2.33. The summed E-state index contributed by atoms with van der Waals surface area (Å²) in [5.74, 6) is -0.455. The van der Waals surface area contributed by atoms with Gasteiger partial charge in [0.05, 0.1) is 18.3 Å². The van der Waals surface area contributed by atoms with Crippen LogP contribution in [0.3, 0.4) is 0 Å². The van der Waals surface area contributed by atoms with Gasteiger partial charge < -0.3 is 21.1 Å². The van der Waals surface area contributed by atoms with Gasteiger partial charge in [0.25, 0.3) is 5.91 Å². The third-order valence-electron chi connectivity index (χ3n) is 3.09. The molecule has 2 atom stereocenters. The maximum Gasteiger partial charge on any atom is 0.260 e. The molecule has 6 heteroatoms. The Morgan fingerprint density at radius 1 is 1.50 bits per heavy atom. The minimum atomic E-state index is -0.871. The lowest BCUT2D eigenvalue weighted by Crippen LogP contribution is -2.53. The molecule has 1 heterocycles. The second kappa shape index (κ2) is 5.75. The van der Waals surface area contributed by atoms with E-state index in [0.717, 1.165) is 0 Å². The van der Waals surface area contributed by atoms with Gasteiger partial charge in [0.15, 0.2) is 6.10 Å². The summed E-state index contributed by atoms with van der Waals surface area (Å²) >= 11 is 0. The van der Waals surface area contributed by atoms with Crippen LogP contribution in [0.1, 0.15) is 6.42 Å². The minimum absolute atomic E-state index is 0.0655. The molecule has 1 aromatic rings. The van der Waals surface area contributed by atoms with Crippen LogP contribution in [-0.4, -0.2) is 30.5 Å². The summed E-state index contributed by atoms with van der Waals surface area (Å²) in [7, 11) is 0. The average Bonchev–Trinajstić information content (AvgIpc) is 2.45. The zero-order chi connectivity index (χ0) is 14.7. The largest absolute Gasteiger partial charge is 0.477 e. The quantitative estimate of drug-likeness (QED) is 0.765. The second-order valence-corrected chi connectivity index (χ2v) is 4.56. The first-order valence-corrected chi connectivity index (χ1v) is 6.27. The van der Waals surface area contributed by atoms with Crippen LogP contribution < -0.4 is 21.1 Å². The van der Waals surface area contributed by atoms with Crippen molar-refractivity contribution in [2.75, 3.05) is 11.4 Å². The molecule has 0 aromatic heterocycles. The van der Waals surface area contributed by atoms with Gasteiger partial charge in [0.2, 0.25) is 5.91 Å². The molecule has 0 bridgehead atoms. The first-order chi connectivity index (χ1) is 9.54. The van der Waals surface area contributed by atoms with Crippen molar-refractivity contribution < 1.29 is 14.3 Å². The fourth-order valence-electron chi connectivity index (χ4n) is 2.07. The summed E-state index contributed by atoms with van der Waals surface area (Å²) in [5, 5.41) is 0. The van der Waals surface area contributed by atoms with E-state index in [2.05, 4.69) is 6.58 Å². The Hall–Kier alpha value is -2.34. The number of para-hydroxylation sites is 2. The fraction of sp³-hybridized carbons (Fsp3) is 0.286. The van der Waals surface area contributed by atoms with E-state index in [1.165, 1.54) is 4.90 Å². The lowest BCUT2D eigenvalue weighted by Gasteiger charge is -2.34. The molecule has 1 aliphatic heterocycles. The van der Waals surface area contributed by atoms with Crippen LogP contribution in [0.15, 0.2) is 36.9 Å². The van der Waals surface area contributed by atoms with Crippen molar-refractivity contribution in [2.24, 2.45) is 11.5 Å². The van der Waals surface area contributed by atoms with Gasteiger partial charge in [-0.15, -0.1) is 6.58 Å². The molecule has 0 aliphatic carbocycles. The number of fused-ring (bicyclic) bond motifs is 1. The predicted molar refractivity (Wildman–Crippen MR) is 75.2 cm³/mol. The number of benzene rings is 1. The number of carbonyl (C=O) groups excluding carboxylic acids is 2. The zero-order valence-corrected chi connectivity index (χ0v) is 11.0. The second-order valence-electron chi connectivity index (χ2n) is 4.56. The van der Waals surface area contributed by atoms with E-state index in [1.807, 2.05) is 0 Å². The van der Waals surface area contributed by atoms with E-state index in [9.17, 15) is 9.59 Å². The summed E-state index contributed by atoms with van der Waals surface area (Å²) in [5.41, 5.74) is 11.7. The Morgan fingerprint density at radius 3 is 2.85 bits per heavy atom. The van der Waals surface area contributed by atoms with Crippen molar-refractivity contribution in [1.82, 2.24) is 0 Å². The third-order valence-corrected chi connectivity index (χ3v) is 3.09. The average molecular weight is 275 g/mol. The fourth-order valence-corrected chi connectivity index (χ4v) is 2.07. The molecular formula is C14H17N3O3. The van der Waals surface area contributed by atoms with Gasteiger partial charge in [0, 0.05) is 0 Å². The van der Waals surface area contributed by atoms with Crippen LogP contribution in [-0.2, 0) is 9.59 Å². The molecular weight excluding hydrogens is 258 g/mol. The monoisotopic (exact) mass is 275 g/mol. The highest BCUT2D eigenvalue weighted by Gasteiger charge is 2.34. The molecule has 2 amide bonds. The van der Waals surface area contributed by atoms with Crippen LogP contribution in [0.5, 0.6) is 5.75 Å². The standard InChI is InChI=1S/C14H17N3O3/c1-2-5-9(15)14(19)17-8-12(13(16)18)20-11-7-4-3-6-10(11)17/h2-4,6-7,9,12H,1,5,8,15H2,(H2,16,18). The van der Waals surface area contributed by atoms with Crippen LogP contribution >= 0.6 is 0 Å². The van der Waals surface area contributed by atoms with Gasteiger partial charge in [-0.05, 0) is 18.6 Å². The Bertz CT molecular complexity index is 544. The summed E-state index contributed by atoms with van der Waals surface area (Å²) in [6, 6.07) is 6.27. The van der Waals surface area contributed by atoms with Gasteiger partial charge in [0.1, 0.15) is 5.75 Å². The van der Waals surface area contributed by atoms with Crippen LogP contribution in [0.25, 0.3) is 0 Å². The molecule has 0 radical (unpaired) electrons. The summed E-state index contributed by atoms with van der Waals surface area (Å²) in [4.78, 5) is 25.2. The molecule has 2 rings (SSSR count). The number of primary amides is 1. The molecule has 0 saturated carbocycles. The topological polar surface area (TPSA) is 98.7 Å². The maximum absolute atomic E-state index is 12.4. The molecule has 4 N–H and O–H groups in total. The van der Waals surface area contributed by atoms with Gasteiger partial charge in [-0.2, -0.15) is 0 Å². The lowest BCUT2D eigenvalue weighted by molar-refractivity contribution is -0.125. The van der Waals surface area contributed by atoms with Crippen molar-refractivity contribution in [3.05, 3.63) is 36.9 Å². The minimum Gasteiger partial charge on any atom is -0.477 e. The molecule has 0 spiro atoms.